The molecule has 1 heterocycles. The van der Waals surface area contributed by atoms with Gasteiger partial charge in [-0.3, -0.25) is 14.5 Å². The van der Waals surface area contributed by atoms with E-state index in [0.717, 1.165) is 11.1 Å². The van der Waals surface area contributed by atoms with Crippen LogP contribution in [0.1, 0.15) is 50.3 Å². The van der Waals surface area contributed by atoms with Gasteiger partial charge in [0.2, 0.25) is 0 Å². The van der Waals surface area contributed by atoms with Crippen LogP contribution < -0.4 is 4.74 Å². The van der Waals surface area contributed by atoms with Crippen molar-refractivity contribution in [2.75, 3.05) is 13.7 Å². The van der Waals surface area contributed by atoms with Crippen molar-refractivity contribution < 1.29 is 19.1 Å². The number of nitrogens with zero attached hydrogens (tertiary/aromatic N) is 1. The van der Waals surface area contributed by atoms with Crippen LogP contribution in [-0.2, 0) is 26.3 Å². The zero-order valence-corrected chi connectivity index (χ0v) is 21.1. The first-order chi connectivity index (χ1) is 15.7. The second-order valence-corrected chi connectivity index (χ2v) is 10.5. The number of amides is 1. The molecule has 33 heavy (non-hydrogen) atoms. The first-order valence-corrected chi connectivity index (χ1v) is 12.0. The van der Waals surface area contributed by atoms with Crippen LogP contribution in [0.4, 0.5) is 0 Å². The van der Waals surface area contributed by atoms with Gasteiger partial charge in [-0.05, 0) is 35.1 Å². The minimum Gasteiger partial charge on any atom is -0.488 e. The van der Waals surface area contributed by atoms with Crippen molar-refractivity contribution in [2.45, 2.75) is 45.6 Å². The van der Waals surface area contributed by atoms with Crippen molar-refractivity contribution in [1.29, 1.82) is 0 Å². The van der Waals surface area contributed by atoms with Gasteiger partial charge in [0.05, 0.1) is 12.0 Å². The summed E-state index contributed by atoms with van der Waals surface area (Å²) in [6.07, 6.45) is 2.57. The van der Waals surface area contributed by atoms with Crippen LogP contribution >= 0.6 is 24.0 Å². The van der Waals surface area contributed by atoms with E-state index >= 15 is 0 Å². The summed E-state index contributed by atoms with van der Waals surface area (Å²) in [5.41, 5.74) is 3.28. The Labute approximate surface area is 205 Å². The van der Waals surface area contributed by atoms with Crippen LogP contribution in [0, 0.1) is 0 Å². The fourth-order valence-electron chi connectivity index (χ4n) is 3.31. The maximum Gasteiger partial charge on any atom is 0.305 e. The average Bonchev–Trinajstić information content (AvgIpc) is 3.05. The van der Waals surface area contributed by atoms with Crippen molar-refractivity contribution in [3.05, 3.63) is 70.1 Å². The van der Waals surface area contributed by atoms with Gasteiger partial charge in [-0.15, -0.1) is 0 Å². The Morgan fingerprint density at radius 1 is 1.12 bits per heavy atom. The highest BCUT2D eigenvalue weighted by atomic mass is 32.2. The summed E-state index contributed by atoms with van der Waals surface area (Å²) in [6, 6.07) is 16.1. The van der Waals surface area contributed by atoms with Crippen LogP contribution in [0.5, 0.6) is 5.75 Å². The number of methoxy groups -OCH3 is 1. The standard InChI is InChI=1S/C26H29NO4S2/c1-26(2,3)20-13-11-18(12-14-20)17-31-21-9-6-5-8-19(21)16-22-24(29)27(25(32)33-22)15-7-10-23(28)30-4/h5-6,8-9,11-14,16H,7,10,15,17H2,1-4H3/b22-16+. The second kappa shape index (κ2) is 11.0. The van der Waals surface area contributed by atoms with Crippen LogP contribution in [-0.4, -0.2) is 34.8 Å². The minimum absolute atomic E-state index is 0.109. The summed E-state index contributed by atoms with van der Waals surface area (Å²) in [4.78, 5) is 26.3. The number of hydrogen-bond acceptors (Lipinski definition) is 6. The monoisotopic (exact) mass is 483 g/mol. The van der Waals surface area contributed by atoms with E-state index in [0.29, 0.717) is 34.5 Å². The molecule has 1 saturated heterocycles. The molecule has 0 unspecified atom stereocenters. The smallest absolute Gasteiger partial charge is 0.305 e. The molecule has 0 atom stereocenters. The van der Waals surface area contributed by atoms with Gasteiger partial charge >= 0.3 is 5.97 Å². The Morgan fingerprint density at radius 3 is 2.48 bits per heavy atom. The van der Waals surface area contributed by atoms with Gasteiger partial charge in [0.25, 0.3) is 5.91 Å². The van der Waals surface area contributed by atoms with Crippen molar-refractivity contribution in [3.8, 4) is 5.75 Å². The SMILES string of the molecule is COC(=O)CCCN1C(=O)/C(=C\c2ccccc2OCc2ccc(C(C)(C)C)cc2)SC1=S. The molecule has 0 saturated carbocycles. The van der Waals surface area contributed by atoms with E-state index < -0.39 is 0 Å². The predicted molar refractivity (Wildman–Crippen MR) is 137 cm³/mol. The molecule has 174 valence electrons. The van der Waals surface area contributed by atoms with Crippen LogP contribution in [0.2, 0.25) is 0 Å². The van der Waals surface area contributed by atoms with Gasteiger partial charge in [-0.1, -0.05) is 87.2 Å². The zero-order valence-electron chi connectivity index (χ0n) is 19.4. The normalized spacial score (nSPS) is 15.3. The molecule has 1 aliphatic rings. The number of para-hydroxylation sites is 1. The summed E-state index contributed by atoms with van der Waals surface area (Å²) in [7, 11) is 1.35. The van der Waals surface area contributed by atoms with E-state index in [1.165, 1.54) is 29.3 Å². The molecule has 2 aromatic carbocycles. The van der Waals surface area contributed by atoms with Crippen molar-refractivity contribution in [2.24, 2.45) is 0 Å². The zero-order chi connectivity index (χ0) is 24.0. The van der Waals surface area contributed by atoms with Crippen molar-refractivity contribution in [1.82, 2.24) is 4.90 Å². The van der Waals surface area contributed by atoms with Crippen molar-refractivity contribution >= 4 is 46.3 Å². The molecule has 0 radical (unpaired) electrons. The number of thiocarbonyl (C=S) groups is 1. The third kappa shape index (κ3) is 6.68. The van der Waals surface area contributed by atoms with Crippen LogP contribution in [0.15, 0.2) is 53.4 Å². The Bertz CT molecular complexity index is 1050. The molecule has 1 fully saturated rings. The van der Waals surface area contributed by atoms with E-state index in [4.69, 9.17) is 17.0 Å². The molecule has 1 aliphatic heterocycles. The third-order valence-electron chi connectivity index (χ3n) is 5.28. The Balaban J connectivity index is 1.68. The first kappa shape index (κ1) is 25.0. The van der Waals surface area contributed by atoms with Gasteiger partial charge in [0, 0.05) is 18.5 Å². The summed E-state index contributed by atoms with van der Waals surface area (Å²) in [5.74, 6) is 0.255. The molecular formula is C26H29NO4S2. The largest absolute Gasteiger partial charge is 0.488 e. The average molecular weight is 484 g/mol. The number of thioether (sulfide) groups is 1. The number of ether oxygens (including phenoxy) is 2. The van der Waals surface area contributed by atoms with Gasteiger partial charge in [0.15, 0.2) is 0 Å². The van der Waals surface area contributed by atoms with E-state index in [-0.39, 0.29) is 23.7 Å². The second-order valence-electron chi connectivity index (χ2n) is 8.79. The summed E-state index contributed by atoms with van der Waals surface area (Å²) in [6.45, 7) is 7.40. The quantitative estimate of drug-likeness (QED) is 0.272. The fraction of sp³-hybridized carbons (Fsp3) is 0.346. The van der Waals surface area contributed by atoms with Gasteiger partial charge in [-0.25, -0.2) is 0 Å². The number of carbonyl (C=O) groups is 2. The molecule has 5 nitrogen and oxygen atoms in total. The number of esters is 1. The molecule has 0 spiro atoms. The van der Waals surface area contributed by atoms with Gasteiger partial charge in [-0.2, -0.15) is 0 Å². The molecule has 0 N–H and O–H groups in total. The molecule has 0 aliphatic carbocycles. The lowest BCUT2D eigenvalue weighted by Crippen LogP contribution is -2.29. The highest BCUT2D eigenvalue weighted by Gasteiger charge is 2.31. The molecule has 0 bridgehead atoms. The maximum absolute atomic E-state index is 12.9. The number of rotatable bonds is 8. The maximum atomic E-state index is 12.9. The molecule has 3 rings (SSSR count). The van der Waals surface area contributed by atoms with E-state index in [9.17, 15) is 9.59 Å². The summed E-state index contributed by atoms with van der Waals surface area (Å²) >= 11 is 6.65. The summed E-state index contributed by atoms with van der Waals surface area (Å²) < 4.78 is 11.2. The highest BCUT2D eigenvalue weighted by molar-refractivity contribution is 8.26. The molecule has 7 heteroatoms. The molecule has 1 amide bonds. The van der Waals surface area contributed by atoms with Gasteiger partial charge < -0.3 is 9.47 Å². The lowest BCUT2D eigenvalue weighted by atomic mass is 9.87. The van der Waals surface area contributed by atoms with Crippen molar-refractivity contribution in [3.63, 3.8) is 0 Å². The van der Waals surface area contributed by atoms with E-state index in [1.54, 1.807) is 0 Å². The molecule has 0 aromatic heterocycles. The lowest BCUT2D eigenvalue weighted by molar-refractivity contribution is -0.141. The molecule has 2 aromatic rings. The fourth-order valence-corrected chi connectivity index (χ4v) is 4.61. The Kier molecular flexibility index (Phi) is 8.32. The highest BCUT2D eigenvalue weighted by Crippen LogP contribution is 2.34. The lowest BCUT2D eigenvalue weighted by Gasteiger charge is -2.19. The Hall–Kier alpha value is -2.64. The van der Waals surface area contributed by atoms with Crippen LogP contribution in [0.3, 0.4) is 0 Å². The van der Waals surface area contributed by atoms with Gasteiger partial charge in [0.1, 0.15) is 16.7 Å². The summed E-state index contributed by atoms with van der Waals surface area (Å²) in [5, 5.41) is 0. The van der Waals surface area contributed by atoms with E-state index in [2.05, 4.69) is 49.8 Å². The Morgan fingerprint density at radius 2 is 1.82 bits per heavy atom. The third-order valence-corrected chi connectivity index (χ3v) is 6.66. The minimum atomic E-state index is -0.296. The number of carbonyl (C=O) groups excluding carboxylic acids is 2. The number of benzene rings is 2. The number of hydrogen-bond donors (Lipinski definition) is 0. The molecular weight excluding hydrogens is 454 g/mol. The predicted octanol–water partition coefficient (Wildman–Crippen LogP) is 5.72. The van der Waals surface area contributed by atoms with Crippen LogP contribution in [0.25, 0.3) is 6.08 Å². The topological polar surface area (TPSA) is 55.8 Å². The van der Waals surface area contributed by atoms with E-state index in [1.807, 2.05) is 30.3 Å². The first-order valence-electron chi connectivity index (χ1n) is 10.8.